The van der Waals surface area contributed by atoms with Gasteiger partial charge in [0, 0.05) is 19.3 Å². The first-order chi connectivity index (χ1) is 9.69. The Hall–Kier alpha value is -2.51. The largest absolute Gasteiger partial charge is 0.364 e. The van der Waals surface area contributed by atoms with Crippen molar-refractivity contribution >= 4 is 11.5 Å². The van der Waals surface area contributed by atoms with E-state index in [1.807, 2.05) is 13.8 Å². The SMILES string of the molecule is CCCn1nccc1-c1ncnc(NCC)c1[N+](=O)[O-]. The maximum atomic E-state index is 11.3. The summed E-state index contributed by atoms with van der Waals surface area (Å²) in [5, 5.41) is 18.4. The number of aryl methyl sites for hydroxylation is 1. The van der Waals surface area contributed by atoms with Crippen LogP contribution < -0.4 is 5.32 Å². The van der Waals surface area contributed by atoms with E-state index in [1.165, 1.54) is 6.33 Å². The second kappa shape index (κ2) is 6.09. The molecule has 1 N–H and O–H groups in total. The summed E-state index contributed by atoms with van der Waals surface area (Å²) >= 11 is 0. The van der Waals surface area contributed by atoms with Gasteiger partial charge in [-0.1, -0.05) is 6.92 Å². The number of aromatic nitrogens is 4. The lowest BCUT2D eigenvalue weighted by molar-refractivity contribution is -0.383. The maximum Gasteiger partial charge on any atom is 0.338 e. The minimum absolute atomic E-state index is 0.118. The minimum Gasteiger partial charge on any atom is -0.364 e. The third-order valence-corrected chi connectivity index (χ3v) is 2.74. The predicted octanol–water partition coefficient (Wildman–Crippen LogP) is 2.09. The van der Waals surface area contributed by atoms with Crippen molar-refractivity contribution in [3.05, 3.63) is 28.7 Å². The normalized spacial score (nSPS) is 10.5. The fourth-order valence-corrected chi connectivity index (χ4v) is 1.96. The zero-order valence-electron chi connectivity index (χ0n) is 11.4. The number of nitro groups is 1. The first-order valence-corrected chi connectivity index (χ1v) is 6.44. The third kappa shape index (κ3) is 2.58. The van der Waals surface area contributed by atoms with Gasteiger partial charge in [-0.2, -0.15) is 5.10 Å². The number of nitrogens with zero attached hydrogens (tertiary/aromatic N) is 5. The van der Waals surface area contributed by atoms with E-state index in [0.717, 1.165) is 6.42 Å². The molecule has 20 heavy (non-hydrogen) atoms. The van der Waals surface area contributed by atoms with E-state index < -0.39 is 4.92 Å². The Morgan fingerprint density at radius 2 is 2.20 bits per heavy atom. The Morgan fingerprint density at radius 3 is 2.85 bits per heavy atom. The van der Waals surface area contributed by atoms with Crippen molar-refractivity contribution in [1.82, 2.24) is 19.7 Å². The molecule has 0 bridgehead atoms. The summed E-state index contributed by atoms with van der Waals surface area (Å²) in [6, 6.07) is 1.72. The van der Waals surface area contributed by atoms with Gasteiger partial charge in [-0.25, -0.2) is 9.97 Å². The molecule has 2 aromatic rings. The predicted molar refractivity (Wildman–Crippen MR) is 74.4 cm³/mol. The van der Waals surface area contributed by atoms with Crippen LogP contribution in [0.1, 0.15) is 20.3 Å². The number of hydrogen-bond acceptors (Lipinski definition) is 6. The lowest BCUT2D eigenvalue weighted by atomic mass is 10.2. The van der Waals surface area contributed by atoms with E-state index in [0.29, 0.717) is 18.8 Å². The standard InChI is InChI=1S/C12H16N6O2/c1-3-7-17-9(5-6-16-17)10-11(18(19)20)12(13-4-2)15-8-14-10/h5-6,8H,3-4,7H2,1-2H3,(H,13,14,15). The summed E-state index contributed by atoms with van der Waals surface area (Å²) in [4.78, 5) is 18.9. The molecule has 106 valence electrons. The quantitative estimate of drug-likeness (QED) is 0.640. The summed E-state index contributed by atoms with van der Waals surface area (Å²) in [7, 11) is 0. The molecule has 0 saturated heterocycles. The Balaban J connectivity index is 2.58. The molecule has 0 unspecified atom stereocenters. The van der Waals surface area contributed by atoms with Crippen LogP contribution in [0.3, 0.4) is 0 Å². The summed E-state index contributed by atoms with van der Waals surface area (Å²) < 4.78 is 1.71. The molecule has 0 atom stereocenters. The number of rotatable bonds is 6. The van der Waals surface area contributed by atoms with E-state index >= 15 is 0 Å². The molecule has 0 saturated carbocycles. The van der Waals surface area contributed by atoms with Crippen molar-refractivity contribution in [2.45, 2.75) is 26.8 Å². The Bertz CT molecular complexity index is 610. The number of anilines is 1. The molecule has 0 aliphatic rings. The van der Waals surface area contributed by atoms with Gasteiger partial charge in [0.05, 0.1) is 10.6 Å². The highest BCUT2D eigenvalue weighted by Crippen LogP contribution is 2.32. The lowest BCUT2D eigenvalue weighted by Gasteiger charge is -2.08. The van der Waals surface area contributed by atoms with Gasteiger partial charge in [0.25, 0.3) is 0 Å². The second-order valence-corrected chi connectivity index (χ2v) is 4.15. The van der Waals surface area contributed by atoms with Crippen LogP contribution in [-0.4, -0.2) is 31.2 Å². The van der Waals surface area contributed by atoms with Crippen LogP contribution >= 0.6 is 0 Å². The highest BCUT2D eigenvalue weighted by molar-refractivity contribution is 5.74. The average Bonchev–Trinajstić information content (AvgIpc) is 2.87. The van der Waals surface area contributed by atoms with E-state index in [2.05, 4.69) is 20.4 Å². The molecule has 0 aromatic carbocycles. The van der Waals surface area contributed by atoms with Gasteiger partial charge >= 0.3 is 5.69 Å². The average molecular weight is 276 g/mol. The molecule has 0 amide bonds. The minimum atomic E-state index is -0.462. The van der Waals surface area contributed by atoms with Gasteiger partial charge in [0.2, 0.25) is 5.82 Å². The van der Waals surface area contributed by atoms with Crippen LogP contribution in [0.15, 0.2) is 18.6 Å². The fraction of sp³-hybridized carbons (Fsp3) is 0.417. The molecular formula is C12H16N6O2. The van der Waals surface area contributed by atoms with Gasteiger partial charge in [-0.15, -0.1) is 0 Å². The molecule has 8 nitrogen and oxygen atoms in total. The highest BCUT2D eigenvalue weighted by atomic mass is 16.6. The van der Waals surface area contributed by atoms with Crippen LogP contribution in [0, 0.1) is 10.1 Å². The molecule has 0 fully saturated rings. The van der Waals surface area contributed by atoms with E-state index in [-0.39, 0.29) is 17.2 Å². The Labute approximate surface area is 116 Å². The van der Waals surface area contributed by atoms with Crippen molar-refractivity contribution in [3.8, 4) is 11.4 Å². The molecule has 0 spiro atoms. The maximum absolute atomic E-state index is 11.3. The first kappa shape index (κ1) is 13.9. The first-order valence-electron chi connectivity index (χ1n) is 6.44. The summed E-state index contributed by atoms with van der Waals surface area (Å²) in [5.41, 5.74) is 0.791. The third-order valence-electron chi connectivity index (χ3n) is 2.74. The monoisotopic (exact) mass is 276 g/mol. The zero-order chi connectivity index (χ0) is 14.5. The van der Waals surface area contributed by atoms with Gasteiger partial charge < -0.3 is 5.32 Å². The zero-order valence-corrected chi connectivity index (χ0v) is 11.4. The van der Waals surface area contributed by atoms with Crippen LogP contribution in [0.2, 0.25) is 0 Å². The smallest absolute Gasteiger partial charge is 0.338 e. The summed E-state index contributed by atoms with van der Waals surface area (Å²) in [5.74, 6) is 0.228. The molecule has 0 radical (unpaired) electrons. The van der Waals surface area contributed by atoms with Crippen molar-refractivity contribution in [1.29, 1.82) is 0 Å². The summed E-state index contributed by atoms with van der Waals surface area (Å²) in [6.07, 6.45) is 3.82. The van der Waals surface area contributed by atoms with E-state index in [9.17, 15) is 10.1 Å². The molecule has 2 aromatic heterocycles. The van der Waals surface area contributed by atoms with Crippen LogP contribution in [-0.2, 0) is 6.54 Å². The van der Waals surface area contributed by atoms with E-state index in [1.54, 1.807) is 16.9 Å². The van der Waals surface area contributed by atoms with Crippen molar-refractivity contribution < 1.29 is 4.92 Å². The molecule has 0 aliphatic heterocycles. The molecule has 2 heterocycles. The molecule has 2 rings (SSSR count). The van der Waals surface area contributed by atoms with Gasteiger partial charge in [0.15, 0.2) is 5.69 Å². The molecule has 0 aliphatic carbocycles. The second-order valence-electron chi connectivity index (χ2n) is 4.15. The van der Waals surface area contributed by atoms with Crippen molar-refractivity contribution in [3.63, 3.8) is 0 Å². The van der Waals surface area contributed by atoms with Crippen LogP contribution in [0.5, 0.6) is 0 Å². The van der Waals surface area contributed by atoms with Crippen LogP contribution in [0.4, 0.5) is 11.5 Å². The Morgan fingerprint density at radius 1 is 1.40 bits per heavy atom. The van der Waals surface area contributed by atoms with Gasteiger partial charge in [0.1, 0.15) is 6.33 Å². The van der Waals surface area contributed by atoms with Gasteiger partial charge in [-0.3, -0.25) is 14.8 Å². The number of nitrogens with one attached hydrogen (secondary N) is 1. The van der Waals surface area contributed by atoms with Crippen molar-refractivity contribution in [2.24, 2.45) is 0 Å². The Kier molecular flexibility index (Phi) is 4.24. The lowest BCUT2D eigenvalue weighted by Crippen LogP contribution is -2.08. The van der Waals surface area contributed by atoms with E-state index in [4.69, 9.17) is 0 Å². The summed E-state index contributed by atoms with van der Waals surface area (Å²) in [6.45, 7) is 5.10. The highest BCUT2D eigenvalue weighted by Gasteiger charge is 2.25. The molecule has 8 heteroatoms. The topological polar surface area (TPSA) is 98.8 Å². The van der Waals surface area contributed by atoms with Gasteiger partial charge in [-0.05, 0) is 19.4 Å². The molecular weight excluding hydrogens is 260 g/mol. The fourth-order valence-electron chi connectivity index (χ4n) is 1.96. The van der Waals surface area contributed by atoms with Crippen LogP contribution in [0.25, 0.3) is 11.4 Å². The van der Waals surface area contributed by atoms with Crippen molar-refractivity contribution in [2.75, 3.05) is 11.9 Å². The number of hydrogen-bond donors (Lipinski definition) is 1.